The lowest BCUT2D eigenvalue weighted by Crippen LogP contribution is -2.27. The number of thioether (sulfide) groups is 1. The van der Waals surface area contributed by atoms with Crippen molar-refractivity contribution in [3.63, 3.8) is 0 Å². The van der Waals surface area contributed by atoms with E-state index in [1.165, 1.54) is 10.4 Å². The fourth-order valence-electron chi connectivity index (χ4n) is 4.20. The van der Waals surface area contributed by atoms with Crippen LogP contribution in [0.5, 0.6) is 0 Å². The van der Waals surface area contributed by atoms with Crippen LogP contribution in [-0.4, -0.2) is 15.3 Å². The largest absolute Gasteiger partial charge is 0.268 e. The van der Waals surface area contributed by atoms with Crippen molar-refractivity contribution in [1.29, 1.82) is 0 Å². The molecule has 3 aromatic rings. The number of para-hydroxylation sites is 1. The van der Waals surface area contributed by atoms with Crippen molar-refractivity contribution in [3.05, 3.63) is 50.6 Å². The lowest BCUT2D eigenvalue weighted by Gasteiger charge is -2.33. The van der Waals surface area contributed by atoms with Gasteiger partial charge in [0, 0.05) is 4.88 Å². The average molecular weight is 413 g/mol. The molecule has 1 aliphatic carbocycles. The third-order valence-electron chi connectivity index (χ3n) is 5.91. The van der Waals surface area contributed by atoms with Gasteiger partial charge in [-0.1, -0.05) is 57.7 Å². The maximum Gasteiger partial charge on any atom is 0.267 e. The first-order valence-electron chi connectivity index (χ1n) is 10.1. The zero-order chi connectivity index (χ0) is 20.1. The van der Waals surface area contributed by atoms with Crippen molar-refractivity contribution < 1.29 is 0 Å². The van der Waals surface area contributed by atoms with Gasteiger partial charge in [-0.25, -0.2) is 4.98 Å². The third-order valence-corrected chi connectivity index (χ3v) is 7.88. The second-order valence-corrected chi connectivity index (χ2v) is 11.1. The van der Waals surface area contributed by atoms with E-state index in [0.717, 1.165) is 51.6 Å². The molecule has 28 heavy (non-hydrogen) atoms. The van der Waals surface area contributed by atoms with E-state index >= 15 is 0 Å². The molecule has 3 nitrogen and oxygen atoms in total. The van der Waals surface area contributed by atoms with Crippen molar-refractivity contribution in [3.8, 4) is 5.69 Å². The third kappa shape index (κ3) is 3.33. The fraction of sp³-hybridized carbons (Fsp3) is 0.478. The van der Waals surface area contributed by atoms with E-state index in [-0.39, 0.29) is 5.56 Å². The second kappa shape index (κ2) is 7.34. The molecular weight excluding hydrogens is 384 g/mol. The van der Waals surface area contributed by atoms with Gasteiger partial charge in [-0.05, 0) is 60.5 Å². The molecule has 0 N–H and O–H groups in total. The summed E-state index contributed by atoms with van der Waals surface area (Å²) in [5.41, 5.74) is 3.70. The number of hydrogen-bond acceptors (Lipinski definition) is 4. The number of aryl methyl sites for hydroxylation is 2. The Morgan fingerprint density at radius 2 is 2.04 bits per heavy atom. The molecule has 1 aromatic carbocycles. The van der Waals surface area contributed by atoms with Crippen molar-refractivity contribution >= 4 is 33.3 Å². The van der Waals surface area contributed by atoms with Gasteiger partial charge in [-0.2, -0.15) is 0 Å². The Morgan fingerprint density at radius 3 is 2.71 bits per heavy atom. The predicted octanol–water partition coefficient (Wildman–Crippen LogP) is 6.02. The zero-order valence-electron chi connectivity index (χ0n) is 17.3. The van der Waals surface area contributed by atoms with Crippen LogP contribution in [0.1, 0.15) is 50.1 Å². The highest BCUT2D eigenvalue weighted by molar-refractivity contribution is 7.99. The number of thiophene rings is 1. The Balaban J connectivity index is 1.95. The van der Waals surface area contributed by atoms with E-state index in [4.69, 9.17) is 4.98 Å². The summed E-state index contributed by atoms with van der Waals surface area (Å²) in [5.74, 6) is 1.55. The van der Waals surface area contributed by atoms with Gasteiger partial charge in [0.25, 0.3) is 5.56 Å². The van der Waals surface area contributed by atoms with Gasteiger partial charge in [0.05, 0.1) is 11.1 Å². The Labute approximate surface area is 175 Å². The van der Waals surface area contributed by atoms with Crippen molar-refractivity contribution in [2.75, 3.05) is 5.75 Å². The summed E-state index contributed by atoms with van der Waals surface area (Å²) in [5, 5.41) is 1.66. The van der Waals surface area contributed by atoms with E-state index < -0.39 is 0 Å². The molecule has 4 rings (SSSR count). The molecule has 1 unspecified atom stereocenters. The summed E-state index contributed by atoms with van der Waals surface area (Å²) >= 11 is 3.39. The molecule has 0 aliphatic heterocycles. The number of aromatic nitrogens is 2. The lowest BCUT2D eigenvalue weighted by molar-refractivity contribution is 0.218. The summed E-state index contributed by atoms with van der Waals surface area (Å²) < 4.78 is 1.84. The molecule has 0 radical (unpaired) electrons. The lowest BCUT2D eigenvalue weighted by atomic mass is 9.72. The minimum atomic E-state index is 0.0990. The predicted molar refractivity (Wildman–Crippen MR) is 121 cm³/mol. The van der Waals surface area contributed by atoms with Crippen LogP contribution >= 0.6 is 23.1 Å². The highest BCUT2D eigenvalue weighted by atomic mass is 32.2. The van der Waals surface area contributed by atoms with Crippen LogP contribution in [-0.2, 0) is 12.8 Å². The molecule has 0 amide bonds. The molecule has 5 heteroatoms. The molecule has 2 heterocycles. The van der Waals surface area contributed by atoms with Gasteiger partial charge < -0.3 is 0 Å². The molecule has 1 atom stereocenters. The Morgan fingerprint density at radius 1 is 1.29 bits per heavy atom. The van der Waals surface area contributed by atoms with Crippen molar-refractivity contribution in [2.45, 2.75) is 59.0 Å². The molecule has 0 saturated carbocycles. The second-order valence-electron chi connectivity index (χ2n) is 8.74. The van der Waals surface area contributed by atoms with Crippen molar-refractivity contribution in [1.82, 2.24) is 9.55 Å². The van der Waals surface area contributed by atoms with Crippen molar-refractivity contribution in [2.24, 2.45) is 11.3 Å². The fourth-order valence-corrected chi connectivity index (χ4v) is 6.27. The van der Waals surface area contributed by atoms with E-state index in [2.05, 4.69) is 40.7 Å². The minimum absolute atomic E-state index is 0.0990. The van der Waals surface area contributed by atoms with E-state index in [9.17, 15) is 4.79 Å². The van der Waals surface area contributed by atoms with Crippen LogP contribution < -0.4 is 5.56 Å². The van der Waals surface area contributed by atoms with Crippen LogP contribution in [0, 0.1) is 18.3 Å². The maximum absolute atomic E-state index is 13.7. The molecule has 1 aliphatic rings. The van der Waals surface area contributed by atoms with Gasteiger partial charge >= 0.3 is 0 Å². The monoisotopic (exact) mass is 412 g/mol. The summed E-state index contributed by atoms with van der Waals surface area (Å²) in [4.78, 5) is 21.0. The number of hydrogen-bond donors (Lipinski definition) is 0. The topological polar surface area (TPSA) is 34.9 Å². The molecule has 0 saturated heterocycles. The quantitative estimate of drug-likeness (QED) is 0.390. The smallest absolute Gasteiger partial charge is 0.267 e. The number of nitrogens with zero attached hydrogens (tertiary/aromatic N) is 2. The van der Waals surface area contributed by atoms with E-state index in [0.29, 0.717) is 11.3 Å². The molecular formula is C23H28N2OS2. The van der Waals surface area contributed by atoms with Crippen LogP contribution in [0.4, 0.5) is 0 Å². The van der Waals surface area contributed by atoms with Gasteiger partial charge in [0.2, 0.25) is 0 Å². The highest BCUT2D eigenvalue weighted by Crippen LogP contribution is 2.42. The van der Waals surface area contributed by atoms with Gasteiger partial charge in [0.1, 0.15) is 4.83 Å². The first-order valence-corrected chi connectivity index (χ1v) is 11.9. The Bertz CT molecular complexity index is 1090. The molecule has 0 fully saturated rings. The number of rotatable bonds is 3. The number of benzene rings is 1. The first-order chi connectivity index (χ1) is 13.3. The molecule has 2 aromatic heterocycles. The normalized spacial score (nSPS) is 17.1. The highest BCUT2D eigenvalue weighted by Gasteiger charge is 2.32. The van der Waals surface area contributed by atoms with Gasteiger partial charge in [0.15, 0.2) is 5.16 Å². The molecule has 148 valence electrons. The average Bonchev–Trinajstić information content (AvgIpc) is 3.00. The molecule has 0 spiro atoms. The number of fused-ring (bicyclic) bond motifs is 3. The SMILES string of the molecule is CCSc1nc2sc3c(c2c(=O)n1-c1ccccc1C)CCC(C(C)(C)C)C3. The van der Waals surface area contributed by atoms with Gasteiger partial charge in [-0.3, -0.25) is 9.36 Å². The van der Waals surface area contributed by atoms with Crippen LogP contribution in [0.3, 0.4) is 0 Å². The zero-order valence-corrected chi connectivity index (χ0v) is 19.0. The summed E-state index contributed by atoms with van der Waals surface area (Å²) in [6, 6.07) is 8.10. The standard InChI is InChI=1S/C23H28N2OS2/c1-6-27-22-24-20-19(21(26)25(22)17-10-8-7-9-14(17)2)16-12-11-15(23(3,4)5)13-18(16)28-20/h7-10,15H,6,11-13H2,1-5H3. The molecule has 0 bridgehead atoms. The summed E-state index contributed by atoms with van der Waals surface area (Å²) in [7, 11) is 0. The summed E-state index contributed by atoms with van der Waals surface area (Å²) in [6.45, 7) is 11.2. The first kappa shape index (κ1) is 19.7. The van der Waals surface area contributed by atoms with Gasteiger partial charge in [-0.15, -0.1) is 11.3 Å². The Hall–Kier alpha value is -1.59. The minimum Gasteiger partial charge on any atom is -0.268 e. The van der Waals surface area contributed by atoms with Crippen LogP contribution in [0.2, 0.25) is 0 Å². The van der Waals surface area contributed by atoms with E-state index in [1.54, 1.807) is 23.1 Å². The summed E-state index contributed by atoms with van der Waals surface area (Å²) in [6.07, 6.45) is 3.21. The Kier molecular flexibility index (Phi) is 5.17. The van der Waals surface area contributed by atoms with Crippen LogP contribution in [0.15, 0.2) is 34.2 Å². The van der Waals surface area contributed by atoms with E-state index in [1.807, 2.05) is 22.8 Å². The maximum atomic E-state index is 13.7. The van der Waals surface area contributed by atoms with Crippen LogP contribution in [0.25, 0.3) is 15.9 Å².